The van der Waals surface area contributed by atoms with Crippen molar-refractivity contribution in [1.82, 2.24) is 10.6 Å². The maximum Gasteiger partial charge on any atom is 0.191 e. The Morgan fingerprint density at radius 1 is 1.23 bits per heavy atom. The first kappa shape index (κ1) is 16.6. The highest BCUT2D eigenvalue weighted by molar-refractivity contribution is 7.07. The molecule has 118 valence electrons. The van der Waals surface area contributed by atoms with Crippen LogP contribution in [0, 0.1) is 6.92 Å². The van der Waals surface area contributed by atoms with Gasteiger partial charge in [-0.05, 0) is 53.3 Å². The van der Waals surface area contributed by atoms with Gasteiger partial charge in [0.1, 0.15) is 0 Å². The zero-order chi connectivity index (χ0) is 15.9. The average Bonchev–Trinajstić information content (AvgIpc) is 3.05. The summed E-state index contributed by atoms with van der Waals surface area (Å²) in [6.07, 6.45) is 0. The molecular weight excluding hydrogens is 290 g/mol. The predicted octanol–water partition coefficient (Wildman–Crippen LogP) is 4.09. The van der Waals surface area contributed by atoms with Crippen LogP contribution in [-0.4, -0.2) is 19.6 Å². The number of hydrogen-bond acceptors (Lipinski definition) is 2. The van der Waals surface area contributed by atoms with Crippen molar-refractivity contribution in [2.75, 3.05) is 13.6 Å². The number of nitrogens with one attached hydrogen (secondary N) is 2. The fraction of sp³-hybridized carbons (Fsp3) is 0.389. The molecule has 0 bridgehead atoms. The van der Waals surface area contributed by atoms with Gasteiger partial charge in [0, 0.05) is 13.6 Å². The van der Waals surface area contributed by atoms with Gasteiger partial charge < -0.3 is 10.6 Å². The summed E-state index contributed by atoms with van der Waals surface area (Å²) < 4.78 is 0. The third-order valence-electron chi connectivity index (χ3n) is 3.92. The van der Waals surface area contributed by atoms with E-state index in [9.17, 15) is 0 Å². The van der Waals surface area contributed by atoms with E-state index in [0.29, 0.717) is 5.92 Å². The Morgan fingerprint density at radius 3 is 2.64 bits per heavy atom. The van der Waals surface area contributed by atoms with Gasteiger partial charge in [-0.2, -0.15) is 11.3 Å². The molecule has 1 heterocycles. The number of rotatable bonds is 5. The van der Waals surface area contributed by atoms with Gasteiger partial charge in [-0.25, -0.2) is 0 Å². The zero-order valence-electron chi connectivity index (χ0n) is 13.8. The molecule has 0 saturated carbocycles. The molecule has 0 amide bonds. The monoisotopic (exact) mass is 315 g/mol. The minimum absolute atomic E-state index is 0.226. The van der Waals surface area contributed by atoms with E-state index >= 15 is 0 Å². The molecule has 0 aliphatic heterocycles. The van der Waals surface area contributed by atoms with Gasteiger partial charge in [0.2, 0.25) is 0 Å². The number of thiophene rings is 1. The molecule has 1 aromatic heterocycles. The van der Waals surface area contributed by atoms with Gasteiger partial charge in [-0.15, -0.1) is 0 Å². The van der Waals surface area contributed by atoms with Gasteiger partial charge in [0.05, 0.1) is 6.04 Å². The van der Waals surface area contributed by atoms with Crippen LogP contribution in [0.2, 0.25) is 0 Å². The minimum atomic E-state index is 0.226. The van der Waals surface area contributed by atoms with Crippen LogP contribution in [0.15, 0.2) is 46.1 Å². The van der Waals surface area contributed by atoms with E-state index in [2.05, 4.69) is 77.5 Å². The highest BCUT2D eigenvalue weighted by Crippen LogP contribution is 2.18. The molecule has 0 spiro atoms. The third-order valence-corrected chi connectivity index (χ3v) is 4.62. The molecule has 3 nitrogen and oxygen atoms in total. The molecule has 0 radical (unpaired) electrons. The fourth-order valence-corrected chi connectivity index (χ4v) is 3.26. The van der Waals surface area contributed by atoms with Crippen molar-refractivity contribution in [3.63, 3.8) is 0 Å². The van der Waals surface area contributed by atoms with E-state index in [1.165, 1.54) is 16.7 Å². The number of hydrogen-bond donors (Lipinski definition) is 2. The van der Waals surface area contributed by atoms with E-state index in [-0.39, 0.29) is 6.04 Å². The predicted molar refractivity (Wildman–Crippen MR) is 96.8 cm³/mol. The van der Waals surface area contributed by atoms with E-state index in [1.54, 1.807) is 11.3 Å². The summed E-state index contributed by atoms with van der Waals surface area (Å²) in [5, 5.41) is 11.2. The van der Waals surface area contributed by atoms with Crippen molar-refractivity contribution in [1.29, 1.82) is 0 Å². The van der Waals surface area contributed by atoms with Gasteiger partial charge in [0.15, 0.2) is 5.96 Å². The van der Waals surface area contributed by atoms with Crippen molar-refractivity contribution in [3.05, 3.63) is 57.8 Å². The summed E-state index contributed by atoms with van der Waals surface area (Å²) in [5.74, 6) is 1.32. The highest BCUT2D eigenvalue weighted by atomic mass is 32.1. The van der Waals surface area contributed by atoms with E-state index in [0.717, 1.165) is 12.5 Å². The molecule has 2 aromatic rings. The average molecular weight is 315 g/mol. The molecule has 4 heteroatoms. The lowest BCUT2D eigenvalue weighted by atomic mass is 10.0. The molecule has 22 heavy (non-hydrogen) atoms. The quantitative estimate of drug-likeness (QED) is 0.644. The molecule has 0 saturated heterocycles. The molecule has 0 fully saturated rings. The molecule has 2 N–H and O–H groups in total. The van der Waals surface area contributed by atoms with Crippen LogP contribution in [0.25, 0.3) is 0 Å². The number of aliphatic imine (C=N–C) groups is 1. The molecular formula is C18H25N3S. The van der Waals surface area contributed by atoms with Gasteiger partial charge in [-0.1, -0.05) is 31.2 Å². The Balaban J connectivity index is 1.91. The first-order valence-electron chi connectivity index (χ1n) is 7.66. The second-order valence-corrected chi connectivity index (χ2v) is 6.41. The molecule has 2 unspecified atom stereocenters. The number of nitrogens with zero attached hydrogens (tertiary/aromatic N) is 1. The summed E-state index contributed by atoms with van der Waals surface area (Å²) in [4.78, 5) is 4.33. The largest absolute Gasteiger partial charge is 0.356 e. The molecule has 1 aromatic carbocycles. The lowest BCUT2D eigenvalue weighted by molar-refractivity contribution is 0.656. The molecule has 0 aliphatic rings. The van der Waals surface area contributed by atoms with E-state index in [1.807, 2.05) is 7.05 Å². The Morgan fingerprint density at radius 2 is 2.00 bits per heavy atom. The maximum absolute atomic E-state index is 4.33. The van der Waals surface area contributed by atoms with Crippen molar-refractivity contribution in [3.8, 4) is 0 Å². The Hall–Kier alpha value is -1.81. The zero-order valence-corrected chi connectivity index (χ0v) is 14.6. The molecule has 2 atom stereocenters. The van der Waals surface area contributed by atoms with Crippen molar-refractivity contribution < 1.29 is 0 Å². The summed E-state index contributed by atoms with van der Waals surface area (Å²) in [6.45, 7) is 7.41. The summed E-state index contributed by atoms with van der Waals surface area (Å²) >= 11 is 1.74. The summed E-state index contributed by atoms with van der Waals surface area (Å²) in [6, 6.07) is 10.9. The first-order chi connectivity index (χ1) is 10.6. The van der Waals surface area contributed by atoms with Crippen LogP contribution in [0.5, 0.6) is 0 Å². The summed E-state index contributed by atoms with van der Waals surface area (Å²) in [7, 11) is 1.81. The SMILES string of the molecule is CN=C(NCC(C)c1ccsc1)NC(C)c1ccccc1C. The first-order valence-corrected chi connectivity index (χ1v) is 8.61. The highest BCUT2D eigenvalue weighted by Gasteiger charge is 2.11. The maximum atomic E-state index is 4.33. The number of aryl methyl sites for hydroxylation is 1. The second kappa shape index (κ2) is 7.99. The standard InChI is InChI=1S/C18H25N3S/c1-13-7-5-6-8-17(13)15(3)21-18(19-4)20-11-14(2)16-9-10-22-12-16/h5-10,12,14-15H,11H2,1-4H3,(H2,19,20,21). The number of guanidine groups is 1. The second-order valence-electron chi connectivity index (χ2n) is 5.63. The fourth-order valence-electron chi connectivity index (χ4n) is 2.47. The van der Waals surface area contributed by atoms with Crippen LogP contribution in [0.4, 0.5) is 0 Å². The normalized spacial score (nSPS) is 14.5. The van der Waals surface area contributed by atoms with Crippen molar-refractivity contribution >= 4 is 17.3 Å². The minimum Gasteiger partial charge on any atom is -0.356 e. The van der Waals surface area contributed by atoms with E-state index < -0.39 is 0 Å². The number of benzene rings is 1. The third kappa shape index (κ3) is 4.34. The van der Waals surface area contributed by atoms with Crippen LogP contribution >= 0.6 is 11.3 Å². The van der Waals surface area contributed by atoms with Gasteiger partial charge in [0.25, 0.3) is 0 Å². The van der Waals surface area contributed by atoms with Gasteiger partial charge in [-0.3, -0.25) is 4.99 Å². The summed E-state index contributed by atoms with van der Waals surface area (Å²) in [5.41, 5.74) is 3.97. The molecule has 0 aliphatic carbocycles. The molecule has 2 rings (SSSR count). The van der Waals surface area contributed by atoms with Gasteiger partial charge >= 0.3 is 0 Å². The van der Waals surface area contributed by atoms with Crippen LogP contribution in [-0.2, 0) is 0 Å². The van der Waals surface area contributed by atoms with Crippen LogP contribution in [0.3, 0.4) is 0 Å². The Bertz CT molecular complexity index is 605. The lowest BCUT2D eigenvalue weighted by Crippen LogP contribution is -2.40. The van der Waals surface area contributed by atoms with Crippen molar-refractivity contribution in [2.24, 2.45) is 4.99 Å². The Labute approximate surface area is 137 Å². The topological polar surface area (TPSA) is 36.4 Å². The lowest BCUT2D eigenvalue weighted by Gasteiger charge is -2.21. The smallest absolute Gasteiger partial charge is 0.191 e. The van der Waals surface area contributed by atoms with Crippen LogP contribution < -0.4 is 10.6 Å². The van der Waals surface area contributed by atoms with Crippen LogP contribution in [0.1, 0.15) is 42.5 Å². The Kier molecular flexibility index (Phi) is 6.01. The van der Waals surface area contributed by atoms with Crippen molar-refractivity contribution in [2.45, 2.75) is 32.7 Å². The van der Waals surface area contributed by atoms with E-state index in [4.69, 9.17) is 0 Å².